The first-order chi connectivity index (χ1) is 15.8. The van der Waals surface area contributed by atoms with E-state index in [1.165, 1.54) is 5.56 Å². The zero-order chi connectivity index (χ0) is 24.0. The number of aliphatic hydroxyl groups is 1. The molecule has 172 valence electrons. The fourth-order valence-electron chi connectivity index (χ4n) is 2.93. The molecule has 33 heavy (non-hydrogen) atoms. The van der Waals surface area contributed by atoms with Crippen LogP contribution in [0.1, 0.15) is 37.0 Å². The SMILES string of the molecule is CCOC(=O)C1=C(O)/C(=C/c2cc(Br)ccc2OCc2ccc(C)cc2)SC1=NC(=O)CC. The third-order valence-corrected chi connectivity index (χ3v) is 6.19. The Morgan fingerprint density at radius 3 is 2.55 bits per heavy atom. The molecule has 0 bridgehead atoms. The Labute approximate surface area is 205 Å². The van der Waals surface area contributed by atoms with E-state index in [1.54, 1.807) is 19.9 Å². The summed E-state index contributed by atoms with van der Waals surface area (Å²) in [7, 11) is 0. The second-order valence-corrected chi connectivity index (χ2v) is 9.12. The van der Waals surface area contributed by atoms with Gasteiger partial charge in [-0.25, -0.2) is 9.79 Å². The molecule has 0 aliphatic carbocycles. The van der Waals surface area contributed by atoms with Crippen LogP contribution >= 0.6 is 27.7 Å². The first-order valence-electron chi connectivity index (χ1n) is 10.4. The van der Waals surface area contributed by atoms with Crippen LogP contribution in [0.4, 0.5) is 0 Å². The third kappa shape index (κ3) is 6.36. The lowest BCUT2D eigenvalue weighted by atomic mass is 10.1. The van der Waals surface area contributed by atoms with Crippen molar-refractivity contribution in [1.82, 2.24) is 0 Å². The molecule has 0 spiro atoms. The minimum Gasteiger partial charge on any atom is -0.506 e. The maximum absolute atomic E-state index is 12.4. The van der Waals surface area contributed by atoms with E-state index in [-0.39, 0.29) is 29.4 Å². The number of nitrogens with zero attached hydrogens (tertiary/aromatic N) is 1. The summed E-state index contributed by atoms with van der Waals surface area (Å²) >= 11 is 4.51. The third-order valence-electron chi connectivity index (χ3n) is 4.67. The Hall–Kier alpha value is -2.84. The number of ether oxygens (including phenoxy) is 2. The second kappa shape index (κ2) is 11.3. The molecule has 0 saturated carbocycles. The number of hydrogen-bond donors (Lipinski definition) is 1. The van der Waals surface area contributed by atoms with Crippen molar-refractivity contribution in [2.24, 2.45) is 4.99 Å². The van der Waals surface area contributed by atoms with Gasteiger partial charge < -0.3 is 14.6 Å². The van der Waals surface area contributed by atoms with E-state index in [0.29, 0.717) is 22.8 Å². The fourth-order valence-corrected chi connectivity index (χ4v) is 4.34. The van der Waals surface area contributed by atoms with Crippen molar-refractivity contribution in [3.05, 3.63) is 79.9 Å². The number of rotatable bonds is 7. The molecule has 1 heterocycles. The van der Waals surface area contributed by atoms with Crippen LogP contribution in [0.2, 0.25) is 0 Å². The zero-order valence-electron chi connectivity index (χ0n) is 18.6. The summed E-state index contributed by atoms with van der Waals surface area (Å²) in [6, 6.07) is 13.6. The summed E-state index contributed by atoms with van der Waals surface area (Å²) in [5.74, 6) is -0.783. The second-order valence-electron chi connectivity index (χ2n) is 7.18. The van der Waals surface area contributed by atoms with Gasteiger partial charge in [-0.3, -0.25) is 4.79 Å². The van der Waals surface area contributed by atoms with Crippen LogP contribution in [0, 0.1) is 6.92 Å². The van der Waals surface area contributed by atoms with Crippen molar-refractivity contribution < 1.29 is 24.2 Å². The molecule has 0 atom stereocenters. The molecule has 8 heteroatoms. The van der Waals surface area contributed by atoms with E-state index in [9.17, 15) is 14.7 Å². The van der Waals surface area contributed by atoms with Gasteiger partial charge in [0.1, 0.15) is 28.7 Å². The molecule has 2 aromatic carbocycles. The highest BCUT2D eigenvalue weighted by Gasteiger charge is 2.33. The van der Waals surface area contributed by atoms with E-state index >= 15 is 0 Å². The molecule has 1 aliphatic rings. The highest BCUT2D eigenvalue weighted by atomic mass is 79.9. The highest BCUT2D eigenvalue weighted by molar-refractivity contribution is 9.10. The predicted octanol–water partition coefficient (Wildman–Crippen LogP) is 6.13. The van der Waals surface area contributed by atoms with Gasteiger partial charge in [0.25, 0.3) is 0 Å². The van der Waals surface area contributed by atoms with Crippen molar-refractivity contribution in [3.63, 3.8) is 0 Å². The molecule has 0 saturated heterocycles. The van der Waals surface area contributed by atoms with Gasteiger partial charge in [0, 0.05) is 16.5 Å². The number of aryl methyl sites for hydroxylation is 1. The Balaban J connectivity index is 1.96. The van der Waals surface area contributed by atoms with Gasteiger partial charge in [0.05, 0.1) is 11.5 Å². The van der Waals surface area contributed by atoms with Crippen LogP contribution in [0.5, 0.6) is 5.75 Å². The van der Waals surface area contributed by atoms with Crippen LogP contribution in [-0.2, 0) is 20.9 Å². The Kier molecular flexibility index (Phi) is 8.52. The average molecular weight is 530 g/mol. The largest absolute Gasteiger partial charge is 0.506 e. The van der Waals surface area contributed by atoms with Gasteiger partial charge >= 0.3 is 5.97 Å². The van der Waals surface area contributed by atoms with Crippen molar-refractivity contribution >= 4 is 50.7 Å². The van der Waals surface area contributed by atoms with Crippen LogP contribution in [-0.4, -0.2) is 28.6 Å². The molecule has 1 amide bonds. The van der Waals surface area contributed by atoms with Crippen LogP contribution in [0.15, 0.2) is 68.2 Å². The first-order valence-corrected chi connectivity index (χ1v) is 12.0. The average Bonchev–Trinajstić information content (AvgIpc) is 3.08. The highest BCUT2D eigenvalue weighted by Crippen LogP contribution is 2.40. The number of hydrogen-bond acceptors (Lipinski definition) is 6. The minimum atomic E-state index is -0.723. The molecule has 1 aliphatic heterocycles. The number of amides is 1. The number of thioether (sulfide) groups is 1. The number of benzene rings is 2. The van der Waals surface area contributed by atoms with Gasteiger partial charge in [-0.2, -0.15) is 0 Å². The molecular formula is C25H24BrNO5S. The van der Waals surface area contributed by atoms with E-state index in [4.69, 9.17) is 9.47 Å². The van der Waals surface area contributed by atoms with Gasteiger partial charge in [0.15, 0.2) is 0 Å². The summed E-state index contributed by atoms with van der Waals surface area (Å²) in [5, 5.41) is 10.9. The molecule has 6 nitrogen and oxygen atoms in total. The fraction of sp³-hybridized carbons (Fsp3) is 0.240. The Morgan fingerprint density at radius 1 is 1.15 bits per heavy atom. The number of esters is 1. The van der Waals surface area contributed by atoms with Crippen LogP contribution in [0.3, 0.4) is 0 Å². The normalized spacial score (nSPS) is 15.9. The van der Waals surface area contributed by atoms with E-state index in [0.717, 1.165) is 21.8 Å². The quantitative estimate of drug-likeness (QED) is 0.434. The van der Waals surface area contributed by atoms with Crippen molar-refractivity contribution in [2.75, 3.05) is 6.61 Å². The zero-order valence-corrected chi connectivity index (χ0v) is 21.0. The molecule has 3 rings (SSSR count). The summed E-state index contributed by atoms with van der Waals surface area (Å²) in [5.41, 5.74) is 2.78. The van der Waals surface area contributed by atoms with Gasteiger partial charge in [-0.05, 0) is 43.7 Å². The van der Waals surface area contributed by atoms with E-state index < -0.39 is 11.9 Å². The minimum absolute atomic E-state index is 0.105. The number of carbonyl (C=O) groups excluding carboxylic acids is 2. The Morgan fingerprint density at radius 2 is 1.88 bits per heavy atom. The number of carbonyl (C=O) groups is 2. The lowest BCUT2D eigenvalue weighted by molar-refractivity contribution is -0.138. The van der Waals surface area contributed by atoms with Gasteiger partial charge in [-0.15, -0.1) is 0 Å². The maximum atomic E-state index is 12.4. The number of halogens is 1. The lowest BCUT2D eigenvalue weighted by Gasteiger charge is -2.11. The molecule has 0 aromatic heterocycles. The van der Waals surface area contributed by atoms with E-state index in [2.05, 4.69) is 20.9 Å². The molecule has 0 unspecified atom stereocenters. The monoisotopic (exact) mass is 529 g/mol. The van der Waals surface area contributed by atoms with Crippen molar-refractivity contribution in [3.8, 4) is 5.75 Å². The van der Waals surface area contributed by atoms with Crippen molar-refractivity contribution in [2.45, 2.75) is 33.8 Å². The topological polar surface area (TPSA) is 85.2 Å². The Bertz CT molecular complexity index is 1150. The molecule has 1 N–H and O–H groups in total. The van der Waals surface area contributed by atoms with E-state index in [1.807, 2.05) is 49.4 Å². The number of aliphatic imine (C=N–C) groups is 1. The molecule has 2 aromatic rings. The summed E-state index contributed by atoms with van der Waals surface area (Å²) in [6.45, 7) is 5.88. The van der Waals surface area contributed by atoms with Crippen molar-refractivity contribution in [1.29, 1.82) is 0 Å². The van der Waals surface area contributed by atoms with Crippen LogP contribution < -0.4 is 4.74 Å². The molecule has 0 fully saturated rings. The van der Waals surface area contributed by atoms with Gasteiger partial charge in [0.2, 0.25) is 5.91 Å². The molecular weight excluding hydrogens is 506 g/mol. The summed E-state index contributed by atoms with van der Waals surface area (Å²) < 4.78 is 11.9. The lowest BCUT2D eigenvalue weighted by Crippen LogP contribution is -2.14. The number of aliphatic hydroxyl groups excluding tert-OH is 1. The standard InChI is InChI=1S/C25H24BrNO5S/c1-4-21(28)27-24-22(25(30)31-5-2)23(29)20(33-24)13-17-12-18(26)10-11-19(17)32-14-16-8-6-15(3)7-9-16/h6-13,29H,4-5,14H2,1-3H3/b20-13-,27-24?. The summed E-state index contributed by atoms with van der Waals surface area (Å²) in [6.07, 6.45) is 1.88. The summed E-state index contributed by atoms with van der Waals surface area (Å²) in [4.78, 5) is 28.7. The molecule has 0 radical (unpaired) electrons. The first kappa shape index (κ1) is 24.8. The van der Waals surface area contributed by atoms with Crippen LogP contribution in [0.25, 0.3) is 6.08 Å². The van der Waals surface area contributed by atoms with Gasteiger partial charge in [-0.1, -0.05) is 64.4 Å². The maximum Gasteiger partial charge on any atom is 0.344 e. The predicted molar refractivity (Wildman–Crippen MR) is 134 cm³/mol. The smallest absolute Gasteiger partial charge is 0.344 e.